The van der Waals surface area contributed by atoms with Crippen molar-refractivity contribution in [1.29, 1.82) is 0 Å². The van der Waals surface area contributed by atoms with Crippen LogP contribution < -0.4 is 4.74 Å². The predicted octanol–water partition coefficient (Wildman–Crippen LogP) is 1.62. The van der Waals surface area contributed by atoms with E-state index in [9.17, 15) is 13.2 Å². The number of aliphatic carboxylic acids is 1. The monoisotopic (exact) mass is 436 g/mol. The highest BCUT2D eigenvalue weighted by atomic mass is 35.5. The van der Waals surface area contributed by atoms with Crippen LogP contribution in [0, 0.1) is 11.8 Å². The number of morpholine rings is 1. The molecule has 2 aromatic rings. The van der Waals surface area contributed by atoms with Gasteiger partial charge in [0.15, 0.2) is 6.61 Å². The van der Waals surface area contributed by atoms with Crippen LogP contribution in [0.15, 0.2) is 41.6 Å². The Bertz CT molecular complexity index is 1070. The molecular formula is C19H17ClN2O6S. The zero-order valence-corrected chi connectivity index (χ0v) is 16.7. The fraction of sp³-hybridized carbons (Fsp3) is 0.263. The van der Waals surface area contributed by atoms with Crippen molar-refractivity contribution < 1.29 is 27.8 Å². The van der Waals surface area contributed by atoms with Crippen molar-refractivity contribution in [3.8, 4) is 17.6 Å². The Hall–Kier alpha value is -2.64. The summed E-state index contributed by atoms with van der Waals surface area (Å²) in [6.07, 6.45) is 2.71. The number of rotatable bonds is 5. The van der Waals surface area contributed by atoms with Crippen molar-refractivity contribution in [2.45, 2.75) is 4.90 Å². The van der Waals surface area contributed by atoms with Crippen LogP contribution in [0.25, 0.3) is 0 Å². The fourth-order valence-electron chi connectivity index (χ4n) is 2.57. The summed E-state index contributed by atoms with van der Waals surface area (Å²) in [5, 5.41) is 9.18. The van der Waals surface area contributed by atoms with Crippen LogP contribution in [0.2, 0.25) is 5.02 Å². The van der Waals surface area contributed by atoms with Crippen molar-refractivity contribution in [2.24, 2.45) is 0 Å². The van der Waals surface area contributed by atoms with Crippen LogP contribution in [0.1, 0.15) is 11.1 Å². The number of hydrogen-bond donors (Lipinski definition) is 1. The third-order valence-corrected chi connectivity index (χ3v) is 6.05. The molecule has 0 aliphatic carbocycles. The van der Waals surface area contributed by atoms with Crippen molar-refractivity contribution in [1.82, 2.24) is 9.29 Å². The van der Waals surface area contributed by atoms with Crippen LogP contribution >= 0.6 is 11.6 Å². The number of carboxylic acid groups (broad SMARTS) is 1. The van der Waals surface area contributed by atoms with Crippen molar-refractivity contribution in [3.63, 3.8) is 0 Å². The average molecular weight is 437 g/mol. The second kappa shape index (κ2) is 9.24. The van der Waals surface area contributed by atoms with E-state index >= 15 is 0 Å². The fourth-order valence-corrected chi connectivity index (χ4v) is 4.14. The number of pyridine rings is 1. The van der Waals surface area contributed by atoms with Gasteiger partial charge in [-0.05, 0) is 24.3 Å². The lowest BCUT2D eigenvalue weighted by Gasteiger charge is -2.25. The third-order valence-electron chi connectivity index (χ3n) is 3.96. The molecule has 3 rings (SSSR count). The normalized spacial score (nSPS) is 14.7. The molecule has 0 saturated carbocycles. The van der Waals surface area contributed by atoms with Gasteiger partial charge in [0.25, 0.3) is 0 Å². The molecule has 2 heterocycles. The first-order chi connectivity index (χ1) is 13.9. The SMILES string of the molecule is O=C(O)COc1ccc(Cl)cc1C#Cc1cncc(S(=O)(=O)N2CCOCC2)c1. The van der Waals surface area contributed by atoms with Crippen LogP contribution in [-0.4, -0.2) is 61.7 Å². The molecule has 1 N–H and O–H groups in total. The smallest absolute Gasteiger partial charge is 0.341 e. The van der Waals surface area contributed by atoms with Crippen molar-refractivity contribution in [2.75, 3.05) is 32.9 Å². The first-order valence-electron chi connectivity index (χ1n) is 8.55. The second-order valence-electron chi connectivity index (χ2n) is 6.00. The van der Waals surface area contributed by atoms with E-state index in [2.05, 4.69) is 16.8 Å². The molecule has 0 spiro atoms. The summed E-state index contributed by atoms with van der Waals surface area (Å²) in [6.45, 7) is 0.737. The van der Waals surface area contributed by atoms with E-state index in [4.69, 9.17) is 26.2 Å². The lowest BCUT2D eigenvalue weighted by Crippen LogP contribution is -2.40. The Kier molecular flexibility index (Phi) is 6.71. The van der Waals surface area contributed by atoms with Gasteiger partial charge in [0, 0.05) is 36.1 Å². The Balaban J connectivity index is 1.88. The molecule has 0 unspecified atom stereocenters. The van der Waals surface area contributed by atoms with Gasteiger partial charge in [-0.3, -0.25) is 4.98 Å². The number of ether oxygens (including phenoxy) is 2. The molecule has 1 aromatic heterocycles. The molecule has 152 valence electrons. The van der Waals surface area contributed by atoms with Gasteiger partial charge in [-0.25, -0.2) is 13.2 Å². The van der Waals surface area contributed by atoms with Gasteiger partial charge in [0.2, 0.25) is 10.0 Å². The highest BCUT2D eigenvalue weighted by Gasteiger charge is 2.26. The first-order valence-corrected chi connectivity index (χ1v) is 10.4. The average Bonchev–Trinajstić information content (AvgIpc) is 2.72. The quantitative estimate of drug-likeness (QED) is 0.710. The van der Waals surface area contributed by atoms with E-state index in [1.165, 1.54) is 34.9 Å². The maximum absolute atomic E-state index is 12.8. The van der Waals surface area contributed by atoms with Gasteiger partial charge in [-0.1, -0.05) is 23.4 Å². The number of hydrogen-bond acceptors (Lipinski definition) is 6. The lowest BCUT2D eigenvalue weighted by molar-refractivity contribution is -0.139. The van der Waals surface area contributed by atoms with E-state index in [0.29, 0.717) is 29.4 Å². The molecule has 8 nitrogen and oxygen atoms in total. The summed E-state index contributed by atoms with van der Waals surface area (Å²) in [4.78, 5) is 14.8. The van der Waals surface area contributed by atoms with Crippen LogP contribution in [0.5, 0.6) is 5.75 Å². The third kappa shape index (κ3) is 5.46. The summed E-state index contributed by atoms with van der Waals surface area (Å²) < 4.78 is 37.3. The van der Waals surface area contributed by atoms with Crippen LogP contribution in [-0.2, 0) is 19.6 Å². The van der Waals surface area contributed by atoms with Gasteiger partial charge in [-0.15, -0.1) is 0 Å². The minimum absolute atomic E-state index is 0.0413. The summed E-state index contributed by atoms with van der Waals surface area (Å²) >= 11 is 5.99. The van der Waals surface area contributed by atoms with Crippen molar-refractivity contribution in [3.05, 3.63) is 52.8 Å². The number of carboxylic acids is 1. The van der Waals surface area contributed by atoms with E-state index in [-0.39, 0.29) is 23.7 Å². The van der Waals surface area contributed by atoms with E-state index in [1.807, 2.05) is 0 Å². The van der Waals surface area contributed by atoms with Gasteiger partial charge in [-0.2, -0.15) is 4.31 Å². The Morgan fingerprint density at radius 2 is 2.00 bits per heavy atom. The Labute approximate surface area is 173 Å². The van der Waals surface area contributed by atoms with Crippen LogP contribution in [0.4, 0.5) is 0 Å². The molecule has 1 fully saturated rings. The minimum atomic E-state index is -3.69. The number of nitrogens with zero attached hydrogens (tertiary/aromatic N) is 2. The molecule has 0 atom stereocenters. The molecule has 1 aromatic carbocycles. The molecule has 29 heavy (non-hydrogen) atoms. The molecule has 10 heteroatoms. The summed E-state index contributed by atoms with van der Waals surface area (Å²) in [5.41, 5.74) is 0.753. The number of carbonyl (C=O) groups is 1. The summed E-state index contributed by atoms with van der Waals surface area (Å²) in [5.74, 6) is 4.79. The molecular weight excluding hydrogens is 420 g/mol. The van der Waals surface area contributed by atoms with Gasteiger partial charge < -0.3 is 14.6 Å². The number of halogens is 1. The molecule has 1 saturated heterocycles. The van der Waals surface area contributed by atoms with Crippen molar-refractivity contribution >= 4 is 27.6 Å². The second-order valence-corrected chi connectivity index (χ2v) is 8.37. The molecule has 0 bridgehead atoms. The maximum atomic E-state index is 12.8. The topological polar surface area (TPSA) is 106 Å². The summed E-state index contributed by atoms with van der Waals surface area (Å²) in [7, 11) is -3.69. The van der Waals surface area contributed by atoms with E-state index in [1.54, 1.807) is 6.07 Å². The number of benzene rings is 1. The maximum Gasteiger partial charge on any atom is 0.341 e. The number of aromatic nitrogens is 1. The minimum Gasteiger partial charge on any atom is -0.481 e. The molecule has 1 aliphatic rings. The standard InChI is InChI=1S/C19H17ClN2O6S/c20-16-3-4-18(28-13-19(23)24)15(10-16)2-1-14-9-17(12-21-11-14)29(25,26)22-5-7-27-8-6-22/h3-4,9-12H,5-8,13H2,(H,23,24). The summed E-state index contributed by atoms with van der Waals surface area (Å²) in [6, 6.07) is 6.05. The number of sulfonamides is 1. The first kappa shape index (κ1) is 21.1. The Morgan fingerprint density at radius 1 is 1.24 bits per heavy atom. The van der Waals surface area contributed by atoms with Gasteiger partial charge >= 0.3 is 5.97 Å². The molecule has 1 aliphatic heterocycles. The van der Waals surface area contributed by atoms with E-state index in [0.717, 1.165) is 0 Å². The largest absolute Gasteiger partial charge is 0.481 e. The van der Waals surface area contributed by atoms with Gasteiger partial charge in [0.05, 0.1) is 18.8 Å². The Morgan fingerprint density at radius 3 is 2.72 bits per heavy atom. The highest BCUT2D eigenvalue weighted by molar-refractivity contribution is 7.89. The molecule has 0 amide bonds. The zero-order valence-electron chi connectivity index (χ0n) is 15.2. The van der Waals surface area contributed by atoms with E-state index < -0.39 is 22.6 Å². The zero-order chi connectivity index (χ0) is 20.9. The van der Waals surface area contributed by atoms with Crippen LogP contribution in [0.3, 0.4) is 0 Å². The molecule has 0 radical (unpaired) electrons. The van der Waals surface area contributed by atoms with Gasteiger partial charge in [0.1, 0.15) is 10.6 Å². The highest BCUT2D eigenvalue weighted by Crippen LogP contribution is 2.22. The lowest BCUT2D eigenvalue weighted by atomic mass is 10.2. The predicted molar refractivity (Wildman–Crippen MR) is 104 cm³/mol.